The second-order valence-electron chi connectivity index (χ2n) is 3.21. The highest BCUT2D eigenvalue weighted by Gasteiger charge is 2.05. The minimum atomic E-state index is 0.600. The molecule has 2 atom stereocenters. The van der Waals surface area contributed by atoms with Crippen LogP contribution >= 0.6 is 0 Å². The van der Waals surface area contributed by atoms with Crippen molar-refractivity contribution in [2.45, 2.75) is 39.7 Å². The first-order chi connectivity index (χ1) is 5.20. The maximum Gasteiger partial charge on any atom is 0.0112 e. The molecular weight excluding hydrogens is 134 g/mol. The van der Waals surface area contributed by atoms with Crippen LogP contribution in [0.3, 0.4) is 0 Å². The fourth-order valence-corrected chi connectivity index (χ4v) is 1.32. The summed E-state index contributed by atoms with van der Waals surface area (Å²) in [6.07, 6.45) is 7.29. The molecule has 0 saturated carbocycles. The predicted octanol–water partition coefficient (Wildman–Crippen LogP) is 2.03. The van der Waals surface area contributed by atoms with Gasteiger partial charge in [-0.05, 0) is 25.8 Å². The van der Waals surface area contributed by atoms with E-state index in [2.05, 4.69) is 32.0 Å². The highest BCUT2D eigenvalue weighted by molar-refractivity contribution is 4.86. The van der Waals surface area contributed by atoms with Crippen molar-refractivity contribution >= 4 is 0 Å². The highest BCUT2D eigenvalue weighted by atomic mass is 14.9. The molecule has 1 nitrogen and oxygen atoms in total. The largest absolute Gasteiger partial charge is 0.315 e. The molecule has 0 aromatic rings. The summed E-state index contributed by atoms with van der Waals surface area (Å²) < 4.78 is 0. The molecule has 0 aliphatic rings. The summed E-state index contributed by atoms with van der Waals surface area (Å²) >= 11 is 0. The highest BCUT2D eigenvalue weighted by Crippen LogP contribution is 2.08. The van der Waals surface area contributed by atoms with Gasteiger partial charge >= 0.3 is 0 Å². The summed E-state index contributed by atoms with van der Waals surface area (Å²) in [5, 5.41) is 3.37. The van der Waals surface area contributed by atoms with Crippen LogP contribution in [0, 0.1) is 18.3 Å². The van der Waals surface area contributed by atoms with E-state index in [1.54, 1.807) is 0 Å². The Labute approximate surface area is 70.6 Å². The minimum Gasteiger partial charge on any atom is -0.315 e. The molecular formula is C10H19N. The summed E-state index contributed by atoms with van der Waals surface area (Å²) in [5.41, 5.74) is 0. The van der Waals surface area contributed by atoms with Gasteiger partial charge in [-0.1, -0.05) is 13.8 Å². The zero-order valence-electron chi connectivity index (χ0n) is 7.85. The molecule has 0 saturated heterocycles. The van der Waals surface area contributed by atoms with Gasteiger partial charge in [0.15, 0.2) is 0 Å². The fourth-order valence-electron chi connectivity index (χ4n) is 1.32. The number of rotatable bonds is 5. The van der Waals surface area contributed by atoms with Crippen molar-refractivity contribution < 1.29 is 0 Å². The normalized spacial score (nSPS) is 15.5. The van der Waals surface area contributed by atoms with Crippen molar-refractivity contribution in [1.82, 2.24) is 5.32 Å². The Hall–Kier alpha value is -0.480. The van der Waals surface area contributed by atoms with E-state index in [9.17, 15) is 0 Å². The topological polar surface area (TPSA) is 12.0 Å². The van der Waals surface area contributed by atoms with Gasteiger partial charge in [0.05, 0.1) is 0 Å². The van der Waals surface area contributed by atoms with Crippen LogP contribution in [0.25, 0.3) is 0 Å². The van der Waals surface area contributed by atoms with Gasteiger partial charge in [-0.25, -0.2) is 0 Å². The molecule has 2 unspecified atom stereocenters. The second kappa shape index (κ2) is 6.24. The lowest BCUT2D eigenvalue weighted by Gasteiger charge is -2.15. The molecule has 0 aliphatic carbocycles. The van der Waals surface area contributed by atoms with Gasteiger partial charge in [0.25, 0.3) is 0 Å². The molecule has 0 bridgehead atoms. The molecule has 0 rings (SSSR count). The molecule has 0 aliphatic heterocycles. The van der Waals surface area contributed by atoms with E-state index >= 15 is 0 Å². The molecule has 0 aromatic carbocycles. The first-order valence-electron chi connectivity index (χ1n) is 4.37. The van der Waals surface area contributed by atoms with Crippen molar-refractivity contribution in [3.63, 3.8) is 0 Å². The number of hydrogen-bond acceptors (Lipinski definition) is 1. The molecule has 11 heavy (non-hydrogen) atoms. The van der Waals surface area contributed by atoms with Crippen molar-refractivity contribution in [2.24, 2.45) is 5.92 Å². The predicted molar refractivity (Wildman–Crippen MR) is 50.4 cm³/mol. The number of hydrogen-bond donors (Lipinski definition) is 1. The maximum absolute atomic E-state index is 5.21. The molecule has 1 N–H and O–H groups in total. The second-order valence-corrected chi connectivity index (χ2v) is 3.21. The summed E-state index contributed by atoms with van der Waals surface area (Å²) in [6, 6.07) is 0.600. The SMILES string of the molecule is C#CCC(C)CC(C)NCC. The van der Waals surface area contributed by atoms with Gasteiger partial charge in [0.1, 0.15) is 0 Å². The van der Waals surface area contributed by atoms with Gasteiger partial charge in [0.2, 0.25) is 0 Å². The van der Waals surface area contributed by atoms with Crippen LogP contribution in [-0.2, 0) is 0 Å². The van der Waals surface area contributed by atoms with Crippen LogP contribution in [0.1, 0.15) is 33.6 Å². The van der Waals surface area contributed by atoms with Crippen molar-refractivity contribution in [1.29, 1.82) is 0 Å². The lowest BCUT2D eigenvalue weighted by atomic mass is 10.00. The Morgan fingerprint density at radius 3 is 2.55 bits per heavy atom. The van der Waals surface area contributed by atoms with E-state index in [0.717, 1.165) is 13.0 Å². The molecule has 0 radical (unpaired) electrons. The van der Waals surface area contributed by atoms with Gasteiger partial charge in [-0.2, -0.15) is 0 Å². The lowest BCUT2D eigenvalue weighted by Crippen LogP contribution is -2.27. The third-order valence-corrected chi connectivity index (χ3v) is 1.77. The third kappa shape index (κ3) is 5.94. The van der Waals surface area contributed by atoms with Crippen LogP contribution in [0.4, 0.5) is 0 Å². The summed E-state index contributed by atoms with van der Waals surface area (Å²) in [6.45, 7) is 7.58. The van der Waals surface area contributed by atoms with E-state index in [0.29, 0.717) is 12.0 Å². The Morgan fingerprint density at radius 2 is 2.09 bits per heavy atom. The van der Waals surface area contributed by atoms with E-state index in [1.165, 1.54) is 6.42 Å². The van der Waals surface area contributed by atoms with Crippen LogP contribution < -0.4 is 5.32 Å². The molecule has 0 fully saturated rings. The van der Waals surface area contributed by atoms with Gasteiger partial charge in [0, 0.05) is 12.5 Å². The summed E-state index contributed by atoms with van der Waals surface area (Å²) in [4.78, 5) is 0. The average molecular weight is 153 g/mol. The zero-order valence-corrected chi connectivity index (χ0v) is 7.85. The standard InChI is InChI=1S/C10H19N/c1-5-7-9(3)8-10(4)11-6-2/h1,9-11H,6-8H2,2-4H3. The monoisotopic (exact) mass is 153 g/mol. The summed E-state index contributed by atoms with van der Waals surface area (Å²) in [5.74, 6) is 3.33. The van der Waals surface area contributed by atoms with Gasteiger partial charge < -0.3 is 5.32 Å². The van der Waals surface area contributed by atoms with E-state index in [4.69, 9.17) is 6.42 Å². The van der Waals surface area contributed by atoms with E-state index < -0.39 is 0 Å². The van der Waals surface area contributed by atoms with Crippen LogP contribution in [0.15, 0.2) is 0 Å². The van der Waals surface area contributed by atoms with Crippen LogP contribution in [0.5, 0.6) is 0 Å². The molecule has 0 heterocycles. The first kappa shape index (κ1) is 10.5. The van der Waals surface area contributed by atoms with Gasteiger partial charge in [-0.15, -0.1) is 12.3 Å². The molecule has 0 amide bonds. The molecule has 0 spiro atoms. The van der Waals surface area contributed by atoms with Gasteiger partial charge in [-0.3, -0.25) is 0 Å². The number of nitrogens with one attached hydrogen (secondary N) is 1. The van der Waals surface area contributed by atoms with Crippen molar-refractivity contribution in [2.75, 3.05) is 6.54 Å². The molecule has 64 valence electrons. The van der Waals surface area contributed by atoms with Crippen LogP contribution in [-0.4, -0.2) is 12.6 Å². The van der Waals surface area contributed by atoms with E-state index in [1.807, 2.05) is 0 Å². The Morgan fingerprint density at radius 1 is 1.45 bits per heavy atom. The Balaban J connectivity index is 3.41. The quantitative estimate of drug-likeness (QED) is 0.596. The smallest absolute Gasteiger partial charge is 0.0112 e. The van der Waals surface area contributed by atoms with Crippen molar-refractivity contribution in [3.05, 3.63) is 0 Å². The maximum atomic E-state index is 5.21. The Bertz CT molecular complexity index is 123. The Kier molecular flexibility index (Phi) is 5.97. The van der Waals surface area contributed by atoms with Crippen molar-refractivity contribution in [3.8, 4) is 12.3 Å². The number of terminal acetylenes is 1. The lowest BCUT2D eigenvalue weighted by molar-refractivity contribution is 0.434. The van der Waals surface area contributed by atoms with E-state index in [-0.39, 0.29) is 0 Å². The van der Waals surface area contributed by atoms with Crippen LogP contribution in [0.2, 0.25) is 0 Å². The first-order valence-corrected chi connectivity index (χ1v) is 4.37. The molecule has 1 heteroatoms. The average Bonchev–Trinajstić information content (AvgIpc) is 1.87. The third-order valence-electron chi connectivity index (χ3n) is 1.77. The zero-order chi connectivity index (χ0) is 8.69. The fraction of sp³-hybridized carbons (Fsp3) is 0.800. The summed E-state index contributed by atoms with van der Waals surface area (Å²) in [7, 11) is 0. The minimum absolute atomic E-state index is 0.600. The molecule has 0 aromatic heterocycles.